The second-order valence-corrected chi connectivity index (χ2v) is 5.35. The molecule has 1 amide bonds. The number of nitrogens with one attached hydrogen (secondary N) is 1. The Morgan fingerprint density at radius 2 is 2.12 bits per heavy atom. The SMILES string of the molecule is C=CCSCCNC(=O)[C@@H]1CC[C@H](C(=O)O)C1. The molecule has 17 heavy (non-hydrogen) atoms. The van der Waals surface area contributed by atoms with Crippen LogP contribution in [0.3, 0.4) is 0 Å². The number of rotatable bonds is 7. The van der Waals surface area contributed by atoms with E-state index in [0.29, 0.717) is 25.8 Å². The van der Waals surface area contributed by atoms with Gasteiger partial charge in [-0.15, -0.1) is 6.58 Å². The number of thioether (sulfide) groups is 1. The Labute approximate surface area is 106 Å². The maximum Gasteiger partial charge on any atom is 0.306 e. The third kappa shape index (κ3) is 4.81. The van der Waals surface area contributed by atoms with Gasteiger partial charge in [-0.25, -0.2) is 0 Å². The van der Waals surface area contributed by atoms with Crippen LogP contribution >= 0.6 is 11.8 Å². The van der Waals surface area contributed by atoms with E-state index in [9.17, 15) is 9.59 Å². The van der Waals surface area contributed by atoms with E-state index in [2.05, 4.69) is 11.9 Å². The van der Waals surface area contributed by atoms with Crippen LogP contribution in [0.1, 0.15) is 19.3 Å². The fourth-order valence-electron chi connectivity index (χ4n) is 2.00. The van der Waals surface area contributed by atoms with Crippen LogP contribution in [-0.2, 0) is 9.59 Å². The lowest BCUT2D eigenvalue weighted by atomic mass is 10.0. The minimum absolute atomic E-state index is 0.00736. The van der Waals surface area contributed by atoms with Crippen LogP contribution in [0.2, 0.25) is 0 Å². The van der Waals surface area contributed by atoms with Crippen LogP contribution in [0, 0.1) is 11.8 Å². The second kappa shape index (κ2) is 7.37. The van der Waals surface area contributed by atoms with E-state index < -0.39 is 5.97 Å². The first kappa shape index (κ1) is 14.1. The smallest absolute Gasteiger partial charge is 0.306 e. The zero-order valence-corrected chi connectivity index (χ0v) is 10.7. The summed E-state index contributed by atoms with van der Waals surface area (Å²) in [5, 5.41) is 11.7. The Kier molecular flexibility index (Phi) is 6.11. The highest BCUT2D eigenvalue weighted by atomic mass is 32.2. The summed E-state index contributed by atoms with van der Waals surface area (Å²) in [6.45, 7) is 4.26. The molecule has 0 bridgehead atoms. The molecule has 96 valence electrons. The van der Waals surface area contributed by atoms with E-state index in [0.717, 1.165) is 11.5 Å². The Morgan fingerprint density at radius 3 is 2.71 bits per heavy atom. The van der Waals surface area contributed by atoms with E-state index in [-0.39, 0.29) is 17.7 Å². The highest BCUT2D eigenvalue weighted by molar-refractivity contribution is 7.99. The molecule has 0 aromatic heterocycles. The predicted octanol–water partition coefficient (Wildman–Crippen LogP) is 1.52. The molecule has 4 nitrogen and oxygen atoms in total. The van der Waals surface area contributed by atoms with Crippen molar-refractivity contribution >= 4 is 23.6 Å². The Balaban J connectivity index is 2.16. The number of carbonyl (C=O) groups excluding carboxylic acids is 1. The summed E-state index contributed by atoms with van der Waals surface area (Å²) < 4.78 is 0. The molecule has 1 saturated carbocycles. The number of amides is 1. The van der Waals surface area contributed by atoms with Gasteiger partial charge in [-0.05, 0) is 19.3 Å². The fraction of sp³-hybridized carbons (Fsp3) is 0.667. The van der Waals surface area contributed by atoms with E-state index in [1.807, 2.05) is 6.08 Å². The number of carboxylic acid groups (broad SMARTS) is 1. The van der Waals surface area contributed by atoms with Crippen molar-refractivity contribution in [1.29, 1.82) is 0 Å². The van der Waals surface area contributed by atoms with Crippen LogP contribution in [0.5, 0.6) is 0 Å². The van der Waals surface area contributed by atoms with E-state index in [4.69, 9.17) is 5.11 Å². The monoisotopic (exact) mass is 257 g/mol. The molecular weight excluding hydrogens is 238 g/mol. The molecule has 1 aliphatic carbocycles. The predicted molar refractivity (Wildman–Crippen MR) is 69.0 cm³/mol. The van der Waals surface area contributed by atoms with Crippen molar-refractivity contribution in [2.24, 2.45) is 11.8 Å². The summed E-state index contributed by atoms with van der Waals surface area (Å²) >= 11 is 1.72. The molecule has 0 saturated heterocycles. The van der Waals surface area contributed by atoms with Gasteiger partial charge in [0.2, 0.25) is 5.91 Å². The third-order valence-electron chi connectivity index (χ3n) is 2.93. The van der Waals surface area contributed by atoms with Crippen molar-refractivity contribution in [3.63, 3.8) is 0 Å². The van der Waals surface area contributed by atoms with Crippen molar-refractivity contribution in [2.45, 2.75) is 19.3 Å². The highest BCUT2D eigenvalue weighted by Gasteiger charge is 2.33. The maximum atomic E-state index is 11.7. The first-order chi connectivity index (χ1) is 8.15. The van der Waals surface area contributed by atoms with Crippen LogP contribution in [-0.4, -0.2) is 35.0 Å². The van der Waals surface area contributed by atoms with Crippen molar-refractivity contribution in [3.05, 3.63) is 12.7 Å². The molecule has 5 heteroatoms. The zero-order chi connectivity index (χ0) is 12.7. The van der Waals surface area contributed by atoms with Gasteiger partial charge in [0.15, 0.2) is 0 Å². The molecule has 0 heterocycles. The number of carbonyl (C=O) groups is 2. The molecule has 1 fully saturated rings. The average Bonchev–Trinajstić information content (AvgIpc) is 2.78. The Hall–Kier alpha value is -0.970. The highest BCUT2D eigenvalue weighted by Crippen LogP contribution is 2.30. The summed E-state index contributed by atoms with van der Waals surface area (Å²) in [7, 11) is 0. The maximum absolute atomic E-state index is 11.7. The quantitative estimate of drug-likeness (QED) is 0.536. The van der Waals surface area contributed by atoms with Crippen molar-refractivity contribution in [2.75, 3.05) is 18.1 Å². The van der Waals surface area contributed by atoms with E-state index in [1.165, 1.54) is 0 Å². The van der Waals surface area contributed by atoms with Gasteiger partial charge < -0.3 is 10.4 Å². The van der Waals surface area contributed by atoms with E-state index in [1.54, 1.807) is 11.8 Å². The van der Waals surface area contributed by atoms with Gasteiger partial charge >= 0.3 is 5.97 Å². The van der Waals surface area contributed by atoms with Crippen LogP contribution < -0.4 is 5.32 Å². The van der Waals surface area contributed by atoms with Gasteiger partial charge in [0.1, 0.15) is 0 Å². The summed E-state index contributed by atoms with van der Waals surface area (Å²) in [4.78, 5) is 22.5. The lowest BCUT2D eigenvalue weighted by Gasteiger charge is -2.10. The first-order valence-electron chi connectivity index (χ1n) is 5.84. The molecular formula is C12H19NO3S. The zero-order valence-electron chi connectivity index (χ0n) is 9.85. The largest absolute Gasteiger partial charge is 0.481 e. The minimum atomic E-state index is -0.776. The molecule has 0 spiro atoms. The summed E-state index contributed by atoms with van der Waals surface area (Å²) in [6.07, 6.45) is 3.64. The van der Waals surface area contributed by atoms with Crippen LogP contribution in [0.4, 0.5) is 0 Å². The molecule has 0 aromatic carbocycles. The number of hydrogen-bond donors (Lipinski definition) is 2. The van der Waals surface area contributed by atoms with Crippen molar-refractivity contribution < 1.29 is 14.7 Å². The van der Waals surface area contributed by atoms with Gasteiger partial charge in [0, 0.05) is 24.0 Å². The topological polar surface area (TPSA) is 66.4 Å². The summed E-state index contributed by atoms with van der Waals surface area (Å²) in [5.41, 5.74) is 0. The molecule has 1 rings (SSSR count). The van der Waals surface area contributed by atoms with Crippen LogP contribution in [0.25, 0.3) is 0 Å². The third-order valence-corrected chi connectivity index (χ3v) is 3.90. The molecule has 2 atom stereocenters. The standard InChI is InChI=1S/C12H19NO3S/c1-2-6-17-7-5-13-11(14)9-3-4-10(8-9)12(15)16/h2,9-10H,1,3-8H2,(H,13,14)(H,15,16)/t9-,10+/m1/s1. The number of aliphatic carboxylic acids is 1. The minimum Gasteiger partial charge on any atom is -0.481 e. The Bertz CT molecular complexity index is 293. The van der Waals surface area contributed by atoms with Gasteiger partial charge in [-0.1, -0.05) is 6.08 Å². The van der Waals surface area contributed by atoms with Gasteiger partial charge in [0.05, 0.1) is 5.92 Å². The summed E-state index contributed by atoms with van der Waals surface area (Å²) in [6, 6.07) is 0. The fourth-order valence-corrected chi connectivity index (χ4v) is 2.58. The molecule has 0 radical (unpaired) electrons. The average molecular weight is 257 g/mol. The number of carboxylic acids is 1. The van der Waals surface area contributed by atoms with Gasteiger partial charge in [-0.3, -0.25) is 9.59 Å². The molecule has 0 aliphatic heterocycles. The summed E-state index contributed by atoms with van der Waals surface area (Å²) in [5.74, 6) is 0.545. The lowest BCUT2D eigenvalue weighted by molar-refractivity contribution is -0.141. The normalized spacial score (nSPS) is 23.3. The van der Waals surface area contributed by atoms with Crippen LogP contribution in [0.15, 0.2) is 12.7 Å². The van der Waals surface area contributed by atoms with Gasteiger partial charge in [0.25, 0.3) is 0 Å². The molecule has 2 N–H and O–H groups in total. The number of hydrogen-bond acceptors (Lipinski definition) is 3. The van der Waals surface area contributed by atoms with Crippen molar-refractivity contribution in [1.82, 2.24) is 5.32 Å². The molecule has 1 aliphatic rings. The Morgan fingerprint density at radius 1 is 1.41 bits per heavy atom. The molecule has 0 aromatic rings. The van der Waals surface area contributed by atoms with E-state index >= 15 is 0 Å². The lowest BCUT2D eigenvalue weighted by Crippen LogP contribution is -2.31. The molecule has 0 unspecified atom stereocenters. The first-order valence-corrected chi connectivity index (χ1v) is 6.99. The van der Waals surface area contributed by atoms with Crippen molar-refractivity contribution in [3.8, 4) is 0 Å². The second-order valence-electron chi connectivity index (χ2n) is 4.20. The van der Waals surface area contributed by atoms with Gasteiger partial charge in [-0.2, -0.15) is 11.8 Å².